The van der Waals surface area contributed by atoms with Gasteiger partial charge in [-0.15, -0.1) is 0 Å². The molecule has 1 aliphatic carbocycles. The van der Waals surface area contributed by atoms with Gasteiger partial charge in [-0.25, -0.2) is 4.79 Å². The Hall–Kier alpha value is -3.74. The van der Waals surface area contributed by atoms with Crippen LogP contribution in [-0.2, 0) is 13.7 Å². The average Bonchev–Trinajstić information content (AvgIpc) is 3.60. The molecule has 2 heterocycles. The van der Waals surface area contributed by atoms with Crippen molar-refractivity contribution < 1.29 is 4.74 Å². The van der Waals surface area contributed by atoms with Crippen LogP contribution >= 0.6 is 0 Å². The van der Waals surface area contributed by atoms with E-state index >= 15 is 0 Å². The fourth-order valence-electron chi connectivity index (χ4n) is 4.08. The number of ether oxygens (including phenoxy) is 1. The van der Waals surface area contributed by atoms with Gasteiger partial charge in [0.25, 0.3) is 0 Å². The van der Waals surface area contributed by atoms with Crippen molar-refractivity contribution in [2.75, 3.05) is 0 Å². The first kappa shape index (κ1) is 20.2. The van der Waals surface area contributed by atoms with Crippen LogP contribution in [0.1, 0.15) is 41.0 Å². The molecule has 0 unspecified atom stereocenters. The van der Waals surface area contributed by atoms with E-state index < -0.39 is 0 Å². The van der Waals surface area contributed by atoms with Crippen molar-refractivity contribution in [3.8, 4) is 22.7 Å². The van der Waals surface area contributed by atoms with Crippen molar-refractivity contribution >= 4 is 0 Å². The molecule has 0 atom stereocenters. The molecule has 0 spiro atoms. The number of tetrazole rings is 1. The third-order valence-corrected chi connectivity index (χ3v) is 5.99. The number of aromatic nitrogens is 5. The van der Waals surface area contributed by atoms with Gasteiger partial charge in [-0.05, 0) is 90.1 Å². The van der Waals surface area contributed by atoms with Gasteiger partial charge >= 0.3 is 5.69 Å². The van der Waals surface area contributed by atoms with Gasteiger partial charge in [0.15, 0.2) is 0 Å². The molecule has 0 aliphatic heterocycles. The van der Waals surface area contributed by atoms with Crippen molar-refractivity contribution in [3.05, 3.63) is 87.5 Å². The highest BCUT2D eigenvalue weighted by atomic mass is 16.5. The zero-order valence-corrected chi connectivity index (χ0v) is 18.4. The molecule has 5 rings (SSSR count). The Morgan fingerprint density at radius 3 is 2.56 bits per heavy atom. The molecule has 2 aromatic heterocycles. The quantitative estimate of drug-likeness (QED) is 0.463. The van der Waals surface area contributed by atoms with E-state index in [0.29, 0.717) is 12.5 Å². The summed E-state index contributed by atoms with van der Waals surface area (Å²) >= 11 is 0. The van der Waals surface area contributed by atoms with Crippen LogP contribution in [-0.4, -0.2) is 24.8 Å². The first-order chi connectivity index (χ1) is 15.5. The van der Waals surface area contributed by atoms with Gasteiger partial charge < -0.3 is 4.74 Å². The second-order valence-electron chi connectivity index (χ2n) is 8.35. The van der Waals surface area contributed by atoms with E-state index in [0.717, 1.165) is 52.2 Å². The highest BCUT2D eigenvalue weighted by Crippen LogP contribution is 2.43. The number of hydrogen-bond donors (Lipinski definition) is 0. The number of hydrogen-bond acceptors (Lipinski definition) is 5. The average molecular weight is 428 g/mol. The molecule has 1 aliphatic rings. The van der Waals surface area contributed by atoms with Crippen LogP contribution in [0.5, 0.6) is 5.75 Å². The molecule has 7 heteroatoms. The Morgan fingerprint density at radius 2 is 1.88 bits per heavy atom. The maximum atomic E-state index is 12.5. The van der Waals surface area contributed by atoms with Crippen LogP contribution in [0.2, 0.25) is 0 Å². The summed E-state index contributed by atoms with van der Waals surface area (Å²) in [6, 6.07) is 16.1. The Kier molecular flexibility index (Phi) is 5.09. The van der Waals surface area contributed by atoms with Gasteiger partial charge in [0.1, 0.15) is 12.4 Å². The molecule has 2 aromatic carbocycles. The lowest BCUT2D eigenvalue weighted by Gasteiger charge is -2.17. The van der Waals surface area contributed by atoms with Gasteiger partial charge in [0, 0.05) is 24.4 Å². The zero-order valence-electron chi connectivity index (χ0n) is 18.4. The van der Waals surface area contributed by atoms with E-state index in [1.807, 2.05) is 37.3 Å². The summed E-state index contributed by atoms with van der Waals surface area (Å²) in [5.74, 6) is 1.33. The molecule has 7 nitrogen and oxygen atoms in total. The molecular formula is C25H25N5O2. The lowest BCUT2D eigenvalue weighted by molar-refractivity contribution is 0.302. The normalized spacial score (nSPS) is 13.3. The molecular weight excluding hydrogens is 402 g/mol. The van der Waals surface area contributed by atoms with E-state index in [2.05, 4.69) is 40.5 Å². The summed E-state index contributed by atoms with van der Waals surface area (Å²) in [6.07, 6.45) is 4.12. The van der Waals surface area contributed by atoms with Crippen LogP contribution in [0, 0.1) is 13.8 Å². The lowest BCUT2D eigenvalue weighted by Crippen LogP contribution is -2.23. The Bertz CT molecular complexity index is 1340. The van der Waals surface area contributed by atoms with E-state index in [4.69, 9.17) is 4.74 Å². The summed E-state index contributed by atoms with van der Waals surface area (Å²) in [5, 5.41) is 7.93. The third kappa shape index (κ3) is 3.70. The highest BCUT2D eigenvalue weighted by Gasteiger charge is 2.28. The largest absolute Gasteiger partial charge is 0.489 e. The SMILES string of the molecule is Cc1cc(-c2ccccn2)c(C)cc1OCc1c(C2CC2)cccc1-n1nnn(C)c1=O. The number of pyridine rings is 1. The topological polar surface area (TPSA) is 74.8 Å². The molecule has 1 fully saturated rings. The van der Waals surface area contributed by atoms with E-state index in [9.17, 15) is 4.79 Å². The first-order valence-corrected chi connectivity index (χ1v) is 10.8. The minimum atomic E-state index is -0.272. The Labute approximate surface area is 186 Å². The molecule has 4 aromatic rings. The number of rotatable bonds is 6. The predicted molar refractivity (Wildman–Crippen MR) is 122 cm³/mol. The van der Waals surface area contributed by atoms with E-state index in [-0.39, 0.29) is 5.69 Å². The van der Waals surface area contributed by atoms with Gasteiger partial charge in [0.05, 0.1) is 11.4 Å². The van der Waals surface area contributed by atoms with Crippen molar-refractivity contribution in [2.24, 2.45) is 7.05 Å². The fraction of sp³-hybridized carbons (Fsp3) is 0.280. The monoisotopic (exact) mass is 427 g/mol. The van der Waals surface area contributed by atoms with Crippen LogP contribution in [0.3, 0.4) is 0 Å². The third-order valence-electron chi connectivity index (χ3n) is 5.99. The summed E-state index contributed by atoms with van der Waals surface area (Å²) in [7, 11) is 1.60. The molecule has 0 radical (unpaired) electrons. The number of benzene rings is 2. The van der Waals surface area contributed by atoms with Crippen molar-refractivity contribution in [2.45, 2.75) is 39.2 Å². The summed E-state index contributed by atoms with van der Waals surface area (Å²) in [6.45, 7) is 4.47. The summed E-state index contributed by atoms with van der Waals surface area (Å²) in [4.78, 5) is 17.0. The lowest BCUT2D eigenvalue weighted by atomic mass is 10.0. The maximum absolute atomic E-state index is 12.5. The highest BCUT2D eigenvalue weighted by molar-refractivity contribution is 5.66. The predicted octanol–water partition coefficient (Wildman–Crippen LogP) is 4.10. The second kappa shape index (κ2) is 8.07. The van der Waals surface area contributed by atoms with Crippen LogP contribution in [0.4, 0.5) is 0 Å². The van der Waals surface area contributed by atoms with Crippen LogP contribution < -0.4 is 10.4 Å². The van der Waals surface area contributed by atoms with Crippen LogP contribution in [0.15, 0.2) is 59.5 Å². The first-order valence-electron chi connectivity index (χ1n) is 10.8. The van der Waals surface area contributed by atoms with Gasteiger partial charge in [-0.2, -0.15) is 9.36 Å². The standard InChI is InChI=1S/C25H25N5O2/c1-16-14-24(17(2)13-20(16)22-8-4-5-12-26-22)32-15-21-19(18-10-11-18)7-6-9-23(21)30-25(31)29(3)27-28-30/h4-9,12-14,18H,10-11,15H2,1-3H3. The van der Waals surface area contributed by atoms with E-state index in [1.165, 1.54) is 14.9 Å². The molecule has 0 amide bonds. The zero-order chi connectivity index (χ0) is 22.2. The van der Waals surface area contributed by atoms with E-state index in [1.54, 1.807) is 13.2 Å². The van der Waals surface area contributed by atoms with Crippen molar-refractivity contribution in [3.63, 3.8) is 0 Å². The molecule has 0 N–H and O–H groups in total. The Balaban J connectivity index is 1.49. The van der Waals surface area contributed by atoms with Gasteiger partial charge in [-0.3, -0.25) is 4.98 Å². The van der Waals surface area contributed by atoms with Crippen molar-refractivity contribution in [1.29, 1.82) is 0 Å². The fourth-order valence-corrected chi connectivity index (χ4v) is 4.08. The second-order valence-corrected chi connectivity index (χ2v) is 8.35. The molecule has 0 saturated heterocycles. The minimum Gasteiger partial charge on any atom is -0.489 e. The number of nitrogens with zero attached hydrogens (tertiary/aromatic N) is 5. The van der Waals surface area contributed by atoms with Crippen LogP contribution in [0.25, 0.3) is 16.9 Å². The molecule has 0 bridgehead atoms. The maximum Gasteiger partial charge on any atom is 0.368 e. The van der Waals surface area contributed by atoms with Crippen molar-refractivity contribution in [1.82, 2.24) is 24.8 Å². The Morgan fingerprint density at radius 1 is 1.03 bits per heavy atom. The minimum absolute atomic E-state index is 0.272. The van der Waals surface area contributed by atoms with Gasteiger partial charge in [-0.1, -0.05) is 18.2 Å². The molecule has 32 heavy (non-hydrogen) atoms. The molecule has 162 valence electrons. The molecule has 1 saturated carbocycles. The van der Waals surface area contributed by atoms with Gasteiger partial charge in [0.2, 0.25) is 0 Å². The summed E-state index contributed by atoms with van der Waals surface area (Å²) in [5.41, 5.74) is 6.85. The summed E-state index contributed by atoms with van der Waals surface area (Å²) < 4.78 is 8.92. The number of aryl methyl sites for hydroxylation is 3. The smallest absolute Gasteiger partial charge is 0.368 e.